The topological polar surface area (TPSA) is 34.9 Å². The van der Waals surface area contributed by atoms with Crippen LogP contribution < -0.4 is 0 Å². The van der Waals surface area contributed by atoms with Crippen molar-refractivity contribution >= 4 is 33.5 Å². The van der Waals surface area contributed by atoms with Gasteiger partial charge in [0.1, 0.15) is 11.6 Å². The molecule has 0 aliphatic heterocycles. The smallest absolute Gasteiger partial charge is 0.149 e. The number of hydrogen-bond acceptors (Lipinski definition) is 3. The van der Waals surface area contributed by atoms with Crippen LogP contribution in [-0.4, -0.2) is 21.3 Å². The predicted octanol–water partition coefficient (Wildman–Crippen LogP) is 3.53. The van der Waals surface area contributed by atoms with E-state index >= 15 is 0 Å². The molecule has 0 N–H and O–H groups in total. The third-order valence-corrected chi connectivity index (χ3v) is 4.94. The molecule has 0 aliphatic carbocycles. The maximum atomic E-state index is 12.8. The molecule has 0 bridgehead atoms. The Morgan fingerprint density at radius 3 is 2.60 bits per heavy atom. The number of halogens is 2. The van der Waals surface area contributed by atoms with E-state index in [0.29, 0.717) is 12.2 Å². The second kappa shape index (κ2) is 6.54. The van der Waals surface area contributed by atoms with Crippen LogP contribution in [0.25, 0.3) is 0 Å². The van der Waals surface area contributed by atoms with Gasteiger partial charge in [0.2, 0.25) is 0 Å². The van der Waals surface area contributed by atoms with Crippen molar-refractivity contribution in [3.05, 3.63) is 45.9 Å². The van der Waals surface area contributed by atoms with E-state index in [0.717, 1.165) is 20.8 Å². The van der Waals surface area contributed by atoms with Gasteiger partial charge in [0.05, 0.1) is 28.0 Å². The van der Waals surface area contributed by atoms with Gasteiger partial charge >= 0.3 is 0 Å². The molecule has 0 atom stereocenters. The highest BCUT2D eigenvalue weighted by Gasteiger charge is 2.14. The van der Waals surface area contributed by atoms with Crippen LogP contribution in [0.15, 0.2) is 33.6 Å². The van der Waals surface area contributed by atoms with E-state index in [1.54, 1.807) is 16.8 Å². The molecule has 1 heterocycles. The maximum absolute atomic E-state index is 12.8. The minimum atomic E-state index is -0.269. The summed E-state index contributed by atoms with van der Waals surface area (Å²) in [6.07, 6.45) is 0.339. The van der Waals surface area contributed by atoms with E-state index in [2.05, 4.69) is 21.0 Å². The Kier molecular flexibility index (Phi) is 4.99. The first kappa shape index (κ1) is 15.3. The number of aromatic nitrogens is 2. The normalized spacial score (nSPS) is 10.8. The first-order valence-electron chi connectivity index (χ1n) is 6.05. The van der Waals surface area contributed by atoms with Gasteiger partial charge in [0.25, 0.3) is 0 Å². The van der Waals surface area contributed by atoms with Gasteiger partial charge in [-0.25, -0.2) is 4.39 Å². The van der Waals surface area contributed by atoms with Crippen molar-refractivity contribution in [1.29, 1.82) is 0 Å². The average molecular weight is 357 g/mol. The molecule has 0 fully saturated rings. The van der Waals surface area contributed by atoms with E-state index in [1.807, 2.05) is 14.0 Å². The number of rotatable bonds is 5. The molecule has 0 radical (unpaired) electrons. The zero-order valence-electron chi connectivity index (χ0n) is 11.2. The number of aryl methyl sites for hydroxylation is 2. The third kappa shape index (κ3) is 3.70. The average Bonchev–Trinajstić information content (AvgIpc) is 2.65. The van der Waals surface area contributed by atoms with E-state index in [9.17, 15) is 9.18 Å². The monoisotopic (exact) mass is 356 g/mol. The summed E-state index contributed by atoms with van der Waals surface area (Å²) >= 11 is 4.86. The molecule has 106 valence electrons. The Hall–Kier alpha value is -1.14. The highest BCUT2D eigenvalue weighted by atomic mass is 79.9. The van der Waals surface area contributed by atoms with E-state index in [1.165, 1.54) is 23.9 Å². The highest BCUT2D eigenvalue weighted by Crippen LogP contribution is 2.23. The molecule has 2 aromatic rings. The standard InChI is InChI=1S/C14H14BrFN2OS/c1-9-14(15)13(18(2)17-9)7-11(19)8-20-12-5-3-10(16)4-6-12/h3-6H,7-8H2,1-2H3. The summed E-state index contributed by atoms with van der Waals surface area (Å²) < 4.78 is 15.4. The lowest BCUT2D eigenvalue weighted by Gasteiger charge is -2.03. The van der Waals surface area contributed by atoms with Crippen molar-refractivity contribution < 1.29 is 9.18 Å². The number of carbonyl (C=O) groups is 1. The van der Waals surface area contributed by atoms with Crippen molar-refractivity contribution in [2.45, 2.75) is 18.2 Å². The molecule has 0 amide bonds. The Labute approximate surface area is 129 Å². The van der Waals surface area contributed by atoms with Gasteiger partial charge in [0.15, 0.2) is 0 Å². The zero-order chi connectivity index (χ0) is 14.7. The maximum Gasteiger partial charge on any atom is 0.149 e. The lowest BCUT2D eigenvalue weighted by molar-refractivity contribution is -0.116. The van der Waals surface area contributed by atoms with Crippen molar-refractivity contribution in [1.82, 2.24) is 9.78 Å². The summed E-state index contributed by atoms with van der Waals surface area (Å²) in [5.74, 6) is 0.209. The summed E-state index contributed by atoms with van der Waals surface area (Å²) in [5.41, 5.74) is 1.76. The van der Waals surface area contributed by atoms with E-state index in [-0.39, 0.29) is 11.6 Å². The van der Waals surface area contributed by atoms with Crippen LogP contribution in [0.3, 0.4) is 0 Å². The van der Waals surface area contributed by atoms with E-state index < -0.39 is 0 Å². The summed E-state index contributed by atoms with van der Waals surface area (Å²) in [5, 5.41) is 4.26. The highest BCUT2D eigenvalue weighted by molar-refractivity contribution is 9.10. The number of nitrogens with zero attached hydrogens (tertiary/aromatic N) is 2. The molecule has 1 aromatic heterocycles. The number of thioether (sulfide) groups is 1. The van der Waals surface area contributed by atoms with Crippen molar-refractivity contribution in [2.75, 3.05) is 5.75 Å². The second-order valence-corrected chi connectivity index (χ2v) is 6.27. The first-order valence-corrected chi connectivity index (χ1v) is 7.83. The molecule has 0 aliphatic rings. The molecule has 1 aromatic carbocycles. The lowest BCUT2D eigenvalue weighted by atomic mass is 10.2. The van der Waals surface area contributed by atoms with E-state index in [4.69, 9.17) is 0 Å². The molecule has 2 rings (SSSR count). The molecular weight excluding hydrogens is 343 g/mol. The van der Waals surface area contributed by atoms with Crippen LogP contribution in [0.5, 0.6) is 0 Å². The van der Waals surface area contributed by atoms with Crippen molar-refractivity contribution in [2.24, 2.45) is 7.05 Å². The number of hydrogen-bond donors (Lipinski definition) is 0. The van der Waals surface area contributed by atoms with Crippen molar-refractivity contribution in [3.8, 4) is 0 Å². The van der Waals surface area contributed by atoms with Crippen LogP contribution in [0.2, 0.25) is 0 Å². The van der Waals surface area contributed by atoms with Crippen LogP contribution >= 0.6 is 27.7 Å². The SMILES string of the molecule is Cc1nn(C)c(CC(=O)CSc2ccc(F)cc2)c1Br. The van der Waals surface area contributed by atoms with Gasteiger partial charge in [-0.15, -0.1) is 11.8 Å². The molecular formula is C14H14BrFN2OS. The Balaban J connectivity index is 1.94. The van der Waals surface area contributed by atoms with Crippen LogP contribution in [-0.2, 0) is 18.3 Å². The molecule has 0 saturated carbocycles. The number of carbonyl (C=O) groups excluding carboxylic acids is 1. The zero-order valence-corrected chi connectivity index (χ0v) is 13.6. The molecule has 0 unspecified atom stereocenters. The largest absolute Gasteiger partial charge is 0.298 e. The molecule has 0 spiro atoms. The molecule has 0 saturated heterocycles. The molecule has 20 heavy (non-hydrogen) atoms. The van der Waals surface area contributed by atoms with Crippen molar-refractivity contribution in [3.63, 3.8) is 0 Å². The fraction of sp³-hybridized carbons (Fsp3) is 0.286. The van der Waals surface area contributed by atoms with Gasteiger partial charge < -0.3 is 0 Å². The predicted molar refractivity (Wildman–Crippen MR) is 81.5 cm³/mol. The summed E-state index contributed by atoms with van der Waals surface area (Å²) in [4.78, 5) is 12.9. The molecule has 3 nitrogen and oxygen atoms in total. The van der Waals surface area contributed by atoms with Crippen LogP contribution in [0, 0.1) is 12.7 Å². The molecule has 6 heteroatoms. The third-order valence-electron chi connectivity index (χ3n) is 2.84. The lowest BCUT2D eigenvalue weighted by Crippen LogP contribution is -2.10. The Morgan fingerprint density at radius 2 is 2.05 bits per heavy atom. The second-order valence-electron chi connectivity index (χ2n) is 4.43. The minimum absolute atomic E-state index is 0.114. The Bertz CT molecular complexity index is 625. The van der Waals surface area contributed by atoms with Crippen LogP contribution in [0.4, 0.5) is 4.39 Å². The van der Waals surface area contributed by atoms with Gasteiger partial charge in [-0.2, -0.15) is 5.10 Å². The number of ketones is 1. The fourth-order valence-corrected chi connectivity index (χ4v) is 3.04. The van der Waals surface area contributed by atoms with Crippen LogP contribution in [0.1, 0.15) is 11.4 Å². The first-order chi connectivity index (χ1) is 9.47. The number of Topliss-reactive ketones (excluding diaryl/α,β-unsaturated/α-hetero) is 1. The van der Waals surface area contributed by atoms with Gasteiger partial charge in [0, 0.05) is 11.9 Å². The Morgan fingerprint density at radius 1 is 1.40 bits per heavy atom. The number of benzene rings is 1. The minimum Gasteiger partial charge on any atom is -0.298 e. The fourth-order valence-electron chi connectivity index (χ4n) is 1.80. The van der Waals surface area contributed by atoms with Gasteiger partial charge in [-0.1, -0.05) is 0 Å². The summed E-state index contributed by atoms with van der Waals surface area (Å²) in [6.45, 7) is 1.89. The quantitative estimate of drug-likeness (QED) is 0.768. The summed E-state index contributed by atoms with van der Waals surface area (Å²) in [7, 11) is 1.83. The van der Waals surface area contributed by atoms with Gasteiger partial charge in [-0.3, -0.25) is 9.48 Å². The summed E-state index contributed by atoms with van der Waals surface area (Å²) in [6, 6.07) is 6.15. The van der Waals surface area contributed by atoms with Gasteiger partial charge in [-0.05, 0) is 47.1 Å².